The maximum Gasteiger partial charge on any atom is 0.311 e. The smallest absolute Gasteiger partial charge is 0.311 e. The average Bonchev–Trinajstić information content (AvgIpc) is 1.20. The van der Waals surface area contributed by atoms with Gasteiger partial charge in [-0.25, -0.2) is 0 Å². The lowest BCUT2D eigenvalue weighted by Gasteiger charge is -2.19. The van der Waals surface area contributed by atoms with E-state index >= 15 is 0 Å². The summed E-state index contributed by atoms with van der Waals surface area (Å²) in [6, 6.07) is 9.14. The Morgan fingerprint density at radius 1 is 0.340 bits per heavy atom. The number of aromatic nitrogens is 4. The van der Waals surface area contributed by atoms with E-state index in [-0.39, 0.29) is 11.9 Å². The van der Waals surface area contributed by atoms with Crippen LogP contribution in [0.15, 0.2) is 31.8 Å². The first-order chi connectivity index (χ1) is 49.1. The molecule has 4 aromatic heterocycles. The summed E-state index contributed by atoms with van der Waals surface area (Å²) in [6.45, 7) is 13.8. The van der Waals surface area contributed by atoms with Crippen LogP contribution in [-0.4, -0.2) is 29.4 Å². The van der Waals surface area contributed by atoms with Gasteiger partial charge in [-0.2, -0.15) is 17.5 Å². The monoisotopic (exact) mass is 1570 g/mol. The number of hydrogen-bond acceptors (Lipinski definition) is 12. The molecule has 7 rings (SSSR count). The molecular formula is C86H132Br2N4O4S4. The molecule has 4 heterocycles. The minimum Gasteiger partial charge on any atom is -0.425 e. The molecule has 100 heavy (non-hydrogen) atoms. The van der Waals surface area contributed by atoms with Crippen LogP contribution in [0.4, 0.5) is 0 Å². The fraction of sp³-hybridized carbons (Fsp3) is 0.721. The lowest BCUT2D eigenvalue weighted by atomic mass is 9.89. The molecule has 3 aromatic carbocycles. The van der Waals surface area contributed by atoms with Gasteiger partial charge in [0.2, 0.25) is 0 Å². The molecule has 14 heteroatoms. The number of esters is 2. The fourth-order valence-corrected chi connectivity index (χ4v) is 19.9. The maximum atomic E-state index is 14.8. The Morgan fingerprint density at radius 2 is 0.590 bits per heavy atom. The zero-order chi connectivity index (χ0) is 70.8. The highest BCUT2D eigenvalue weighted by atomic mass is 79.9. The van der Waals surface area contributed by atoms with Gasteiger partial charge in [-0.3, -0.25) is 9.59 Å². The molecule has 2 atom stereocenters. The number of halogens is 2. The minimum absolute atomic E-state index is 0.275. The van der Waals surface area contributed by atoms with Gasteiger partial charge < -0.3 is 9.47 Å². The molecule has 0 amide bonds. The molecule has 0 aliphatic carbocycles. The third-order valence-corrected chi connectivity index (χ3v) is 26.4. The molecule has 0 fully saturated rings. The van der Waals surface area contributed by atoms with Crippen molar-refractivity contribution in [2.45, 2.75) is 388 Å². The third-order valence-electron chi connectivity index (χ3n) is 21.3. The predicted octanol–water partition coefficient (Wildman–Crippen LogP) is 31.5. The van der Waals surface area contributed by atoms with Crippen LogP contribution in [0.25, 0.3) is 64.5 Å². The van der Waals surface area contributed by atoms with Gasteiger partial charge >= 0.3 is 11.9 Å². The van der Waals surface area contributed by atoms with Gasteiger partial charge in [0.1, 0.15) is 33.6 Å². The molecule has 2 unspecified atom stereocenters. The van der Waals surface area contributed by atoms with Crippen LogP contribution in [-0.2, 0) is 22.4 Å². The number of ether oxygens (including phenoxy) is 2. The Hall–Kier alpha value is -2.88. The molecular weight excluding hydrogens is 1440 g/mol. The van der Waals surface area contributed by atoms with E-state index in [9.17, 15) is 9.59 Å². The summed E-state index contributed by atoms with van der Waals surface area (Å²) in [7, 11) is 0. The summed E-state index contributed by atoms with van der Waals surface area (Å²) in [6.07, 6.45) is 65.5. The number of thiophene rings is 2. The minimum atomic E-state index is -0.275. The Bertz CT molecular complexity index is 3170. The SMILES string of the molecule is CCCCCCCCCCCC(=O)Oc1c2cc(-c3cc(CC(CCCCCCCC)CCCCCCCCCC)c(Br)s3)c3nsnc3c2c(OC(=O)CCCCCCCCCCC)c2cc(-c3cc(CC(CCCCCCCC)CCCCCCCCCC)c(Br)s3)c3nsnc3c12. The van der Waals surface area contributed by atoms with Crippen molar-refractivity contribution in [2.24, 2.45) is 11.8 Å². The van der Waals surface area contributed by atoms with E-state index < -0.39 is 0 Å². The van der Waals surface area contributed by atoms with Crippen LogP contribution in [0, 0.1) is 11.8 Å². The van der Waals surface area contributed by atoms with Crippen molar-refractivity contribution in [3.8, 4) is 32.4 Å². The highest BCUT2D eigenvalue weighted by molar-refractivity contribution is 9.11. The first-order valence-corrected chi connectivity index (χ1v) is 46.1. The fourth-order valence-electron chi connectivity index (χ4n) is 15.3. The second-order valence-electron chi connectivity index (χ2n) is 30.0. The number of nitrogens with zero attached hydrogens (tertiary/aromatic N) is 4. The Labute approximate surface area is 640 Å². The quantitative estimate of drug-likeness (QED) is 0.0161. The summed E-state index contributed by atoms with van der Waals surface area (Å²) in [5.41, 5.74) is 7.36. The van der Waals surface area contributed by atoms with Gasteiger partial charge in [-0.1, -0.05) is 350 Å². The van der Waals surface area contributed by atoms with Crippen LogP contribution >= 0.6 is 78.0 Å². The maximum absolute atomic E-state index is 14.8. The molecule has 558 valence electrons. The Morgan fingerprint density at radius 3 is 0.870 bits per heavy atom. The van der Waals surface area contributed by atoms with Crippen molar-refractivity contribution in [1.29, 1.82) is 0 Å². The van der Waals surface area contributed by atoms with E-state index in [0.717, 1.165) is 90.9 Å². The number of fused-ring (bicyclic) bond motifs is 6. The van der Waals surface area contributed by atoms with Gasteiger partial charge in [0.25, 0.3) is 0 Å². The van der Waals surface area contributed by atoms with Gasteiger partial charge in [0.05, 0.1) is 41.8 Å². The topological polar surface area (TPSA) is 104 Å². The number of unbranched alkanes of at least 4 members (excludes halogenated alkanes) is 40. The largest absolute Gasteiger partial charge is 0.425 e. The molecule has 0 saturated carbocycles. The van der Waals surface area contributed by atoms with Crippen LogP contribution in [0.3, 0.4) is 0 Å². The molecule has 0 saturated heterocycles. The summed E-state index contributed by atoms with van der Waals surface area (Å²) in [4.78, 5) is 31.9. The van der Waals surface area contributed by atoms with Crippen molar-refractivity contribution in [1.82, 2.24) is 17.5 Å². The number of carbonyl (C=O) groups excluding carboxylic acids is 2. The lowest BCUT2D eigenvalue weighted by Crippen LogP contribution is -2.11. The standard InChI is InChI=1S/C86H132Br2N4O4S4/c1-7-13-19-25-31-35-39-45-51-57-75(93)95-83-71-63-69(73-61-67(85(87)97-73)59-65(53-47-41-29-23-17-11-5)55-49-43-37-33-27-21-15-9-3)80-82(92-100-90-80)78(71)84(96-76(94)58-52-46-40-36-32-26-20-14-8-2)72-64-70(79-81(77(72)83)91-99-89-79)74-62-68(86(88)98-74)60-66(54-48-42-30-24-18-12-6)56-50-44-38-34-28-22-16-10-4/h61-66H,7-60H2,1-6H3. The zero-order valence-electron chi connectivity index (χ0n) is 63.5. The van der Waals surface area contributed by atoms with Gasteiger partial charge in [0, 0.05) is 44.5 Å². The molecule has 0 aliphatic rings. The van der Waals surface area contributed by atoms with E-state index in [0.29, 0.717) is 68.8 Å². The highest BCUT2D eigenvalue weighted by Gasteiger charge is 2.31. The second kappa shape index (κ2) is 50.6. The Balaban J connectivity index is 1.32. The van der Waals surface area contributed by atoms with Crippen LogP contribution in [0.5, 0.6) is 11.5 Å². The molecule has 0 bridgehead atoms. The predicted molar refractivity (Wildman–Crippen MR) is 445 cm³/mol. The first-order valence-electron chi connectivity index (χ1n) is 41.5. The van der Waals surface area contributed by atoms with E-state index in [1.54, 1.807) is 22.7 Å². The zero-order valence-corrected chi connectivity index (χ0v) is 69.9. The van der Waals surface area contributed by atoms with E-state index in [1.807, 2.05) is 0 Å². The summed E-state index contributed by atoms with van der Waals surface area (Å²) in [5, 5.41) is 2.64. The van der Waals surface area contributed by atoms with Crippen molar-refractivity contribution in [3.63, 3.8) is 0 Å². The van der Waals surface area contributed by atoms with E-state index in [1.165, 1.54) is 317 Å². The van der Waals surface area contributed by atoms with Crippen molar-refractivity contribution < 1.29 is 19.1 Å². The lowest BCUT2D eigenvalue weighted by molar-refractivity contribution is -0.135. The number of rotatable bonds is 60. The van der Waals surface area contributed by atoms with Gasteiger partial charge in [-0.15, -0.1) is 22.7 Å². The van der Waals surface area contributed by atoms with Crippen molar-refractivity contribution >= 4 is 134 Å². The normalized spacial score (nSPS) is 12.6. The third kappa shape index (κ3) is 28.8. The van der Waals surface area contributed by atoms with E-state index in [2.05, 4.69) is 97.7 Å². The van der Waals surface area contributed by atoms with E-state index in [4.69, 9.17) is 27.0 Å². The summed E-state index contributed by atoms with van der Waals surface area (Å²) in [5.74, 6) is 1.52. The molecule has 0 aliphatic heterocycles. The number of carbonyl (C=O) groups is 2. The molecule has 0 radical (unpaired) electrons. The average molecular weight is 1570 g/mol. The van der Waals surface area contributed by atoms with Crippen molar-refractivity contribution in [2.75, 3.05) is 0 Å². The number of benzene rings is 3. The van der Waals surface area contributed by atoms with Gasteiger partial charge in [-0.05, 0) is 105 Å². The van der Waals surface area contributed by atoms with Crippen LogP contribution in [0.1, 0.15) is 387 Å². The molecule has 8 nitrogen and oxygen atoms in total. The van der Waals surface area contributed by atoms with Gasteiger partial charge in [0.15, 0.2) is 0 Å². The molecule has 0 N–H and O–H groups in total. The molecule has 7 aromatic rings. The number of hydrogen-bond donors (Lipinski definition) is 0. The summed E-state index contributed by atoms with van der Waals surface area (Å²) >= 11 is 14.2. The van der Waals surface area contributed by atoms with Crippen LogP contribution in [0.2, 0.25) is 0 Å². The highest BCUT2D eigenvalue weighted by Crippen LogP contribution is 2.53. The van der Waals surface area contributed by atoms with Crippen molar-refractivity contribution in [3.05, 3.63) is 43.0 Å². The first kappa shape index (κ1) is 84.4. The summed E-state index contributed by atoms with van der Waals surface area (Å²) < 4.78 is 36.9. The van der Waals surface area contributed by atoms with Crippen LogP contribution < -0.4 is 9.47 Å². The Kier molecular flexibility index (Phi) is 42.7. The molecule has 0 spiro atoms. The second-order valence-corrected chi connectivity index (χ2v) is 35.8.